The summed E-state index contributed by atoms with van der Waals surface area (Å²) in [6, 6.07) is 16.8. The summed E-state index contributed by atoms with van der Waals surface area (Å²) in [6.45, 7) is 1.81. The third-order valence-electron chi connectivity index (χ3n) is 5.14. The van der Waals surface area contributed by atoms with Gasteiger partial charge in [0, 0.05) is 18.9 Å². The van der Waals surface area contributed by atoms with Gasteiger partial charge in [-0.3, -0.25) is 14.6 Å². The van der Waals surface area contributed by atoms with Crippen LogP contribution in [0.25, 0.3) is 5.69 Å². The number of carbonyl (C=O) groups excluding carboxylic acids is 1. The molecule has 1 unspecified atom stereocenters. The maximum atomic E-state index is 13.4. The topological polar surface area (TPSA) is 98.9 Å². The smallest absolute Gasteiger partial charge is 0.346 e. The number of rotatable bonds is 6. The highest BCUT2D eigenvalue weighted by Crippen LogP contribution is 2.14. The van der Waals surface area contributed by atoms with Crippen LogP contribution in [0.4, 0.5) is 4.39 Å². The Morgan fingerprint density at radius 1 is 1.03 bits per heavy atom. The van der Waals surface area contributed by atoms with Crippen LogP contribution in [-0.4, -0.2) is 25.2 Å². The Balaban J connectivity index is 1.82. The van der Waals surface area contributed by atoms with Crippen LogP contribution in [0.2, 0.25) is 0 Å². The van der Waals surface area contributed by atoms with E-state index in [1.165, 1.54) is 24.3 Å². The van der Waals surface area contributed by atoms with Crippen LogP contribution in [0.5, 0.6) is 0 Å². The van der Waals surface area contributed by atoms with Crippen molar-refractivity contribution in [1.29, 1.82) is 0 Å². The molecule has 0 saturated heterocycles. The fourth-order valence-corrected chi connectivity index (χ4v) is 3.37. The van der Waals surface area contributed by atoms with Gasteiger partial charge in [0.25, 0.3) is 11.5 Å². The third kappa shape index (κ3) is 4.62. The first-order valence-electron chi connectivity index (χ1n) is 10.2. The van der Waals surface area contributed by atoms with Crippen molar-refractivity contribution in [2.75, 3.05) is 0 Å². The molecule has 0 spiro atoms. The van der Waals surface area contributed by atoms with Crippen molar-refractivity contribution in [3.05, 3.63) is 123 Å². The van der Waals surface area contributed by atoms with Crippen molar-refractivity contribution in [3.63, 3.8) is 0 Å². The molecule has 0 aliphatic heterocycles. The molecule has 1 N–H and O–H groups in total. The number of aromatic nitrogens is 4. The standard InChI is InChI=1S/C24H20FN5O3/c1-16(18-7-3-2-4-8-18)29-23(32)21(22(31)27-15-17-6-5-13-26-14-17)28-30(24(29)33)20-11-9-19(25)10-12-20/h2-14,16H,15H2,1H3,(H,27,31). The summed E-state index contributed by atoms with van der Waals surface area (Å²) < 4.78 is 15.3. The Morgan fingerprint density at radius 3 is 2.42 bits per heavy atom. The number of hydrogen-bond acceptors (Lipinski definition) is 5. The van der Waals surface area contributed by atoms with Gasteiger partial charge >= 0.3 is 5.69 Å². The van der Waals surface area contributed by atoms with Gasteiger partial charge in [-0.25, -0.2) is 13.8 Å². The van der Waals surface area contributed by atoms with E-state index in [2.05, 4.69) is 15.4 Å². The molecule has 8 nitrogen and oxygen atoms in total. The van der Waals surface area contributed by atoms with Crippen molar-refractivity contribution < 1.29 is 9.18 Å². The Hall–Kier alpha value is -4.40. The molecule has 0 bridgehead atoms. The lowest BCUT2D eigenvalue weighted by Gasteiger charge is -2.17. The minimum Gasteiger partial charge on any atom is -0.346 e. The zero-order valence-corrected chi connectivity index (χ0v) is 17.7. The molecule has 1 atom stereocenters. The molecule has 2 heterocycles. The monoisotopic (exact) mass is 445 g/mol. The highest BCUT2D eigenvalue weighted by Gasteiger charge is 2.23. The number of hydrogen-bond donors (Lipinski definition) is 1. The van der Waals surface area contributed by atoms with Crippen LogP contribution < -0.4 is 16.6 Å². The van der Waals surface area contributed by atoms with Crippen molar-refractivity contribution in [2.45, 2.75) is 19.5 Å². The maximum absolute atomic E-state index is 13.4. The maximum Gasteiger partial charge on any atom is 0.352 e. The van der Waals surface area contributed by atoms with E-state index in [4.69, 9.17) is 0 Å². The first kappa shape index (κ1) is 21.8. The van der Waals surface area contributed by atoms with Gasteiger partial charge in [-0.2, -0.15) is 9.78 Å². The molecule has 0 radical (unpaired) electrons. The Kier molecular flexibility index (Phi) is 6.21. The second-order valence-corrected chi connectivity index (χ2v) is 7.33. The first-order chi connectivity index (χ1) is 16.0. The molecule has 4 rings (SSSR count). The predicted octanol–water partition coefficient (Wildman–Crippen LogP) is 2.47. The minimum absolute atomic E-state index is 0.123. The van der Waals surface area contributed by atoms with Crippen LogP contribution in [0.15, 0.2) is 88.7 Å². The van der Waals surface area contributed by atoms with E-state index in [-0.39, 0.29) is 12.2 Å². The molecule has 166 valence electrons. The minimum atomic E-state index is -0.821. The van der Waals surface area contributed by atoms with Gasteiger partial charge in [0.1, 0.15) is 5.82 Å². The highest BCUT2D eigenvalue weighted by atomic mass is 19.1. The van der Waals surface area contributed by atoms with Gasteiger partial charge in [-0.15, -0.1) is 0 Å². The molecular weight excluding hydrogens is 425 g/mol. The van der Waals surface area contributed by atoms with Gasteiger partial charge in [-0.1, -0.05) is 36.4 Å². The molecule has 33 heavy (non-hydrogen) atoms. The van der Waals surface area contributed by atoms with Gasteiger partial charge in [-0.05, 0) is 48.4 Å². The summed E-state index contributed by atoms with van der Waals surface area (Å²) in [6.07, 6.45) is 3.19. The van der Waals surface area contributed by atoms with Crippen molar-refractivity contribution in [2.24, 2.45) is 0 Å². The lowest BCUT2D eigenvalue weighted by molar-refractivity contribution is 0.0940. The van der Waals surface area contributed by atoms with E-state index >= 15 is 0 Å². The predicted molar refractivity (Wildman–Crippen MR) is 120 cm³/mol. The summed E-state index contributed by atoms with van der Waals surface area (Å²) in [5, 5.41) is 6.68. The number of carbonyl (C=O) groups is 1. The second-order valence-electron chi connectivity index (χ2n) is 7.33. The summed E-state index contributed by atoms with van der Waals surface area (Å²) in [5.41, 5.74) is -0.363. The molecule has 1 amide bonds. The summed E-state index contributed by atoms with van der Waals surface area (Å²) in [5.74, 6) is -1.24. The van der Waals surface area contributed by atoms with Crippen LogP contribution >= 0.6 is 0 Å². The zero-order chi connectivity index (χ0) is 23.4. The molecule has 9 heteroatoms. The SMILES string of the molecule is CC(c1ccccc1)n1c(=O)c(C(=O)NCc2cccnc2)nn(-c2ccc(F)cc2)c1=O. The van der Waals surface area contributed by atoms with Crippen LogP contribution in [0, 0.1) is 5.82 Å². The number of nitrogens with one attached hydrogen (secondary N) is 1. The van der Waals surface area contributed by atoms with Crippen molar-refractivity contribution in [1.82, 2.24) is 24.6 Å². The van der Waals surface area contributed by atoms with E-state index in [0.717, 1.165) is 14.8 Å². The zero-order valence-electron chi connectivity index (χ0n) is 17.7. The second kappa shape index (κ2) is 9.39. The molecule has 0 saturated carbocycles. The van der Waals surface area contributed by atoms with Crippen molar-refractivity contribution >= 4 is 5.91 Å². The Labute approximate surface area is 188 Å². The third-order valence-corrected chi connectivity index (χ3v) is 5.14. The van der Waals surface area contributed by atoms with Crippen molar-refractivity contribution in [3.8, 4) is 5.69 Å². The quantitative estimate of drug-likeness (QED) is 0.492. The number of amides is 1. The van der Waals surface area contributed by atoms with Gasteiger partial charge in [0.05, 0.1) is 11.7 Å². The lowest BCUT2D eigenvalue weighted by atomic mass is 10.1. The fourth-order valence-electron chi connectivity index (χ4n) is 3.37. The fraction of sp³-hybridized carbons (Fsp3) is 0.125. The molecule has 2 aromatic carbocycles. The van der Waals surface area contributed by atoms with Crippen LogP contribution in [0.3, 0.4) is 0 Å². The average molecular weight is 445 g/mol. The molecule has 0 aliphatic rings. The molecule has 2 aromatic heterocycles. The average Bonchev–Trinajstić information content (AvgIpc) is 2.84. The molecular formula is C24H20FN5O3. The number of pyridine rings is 1. The summed E-state index contributed by atoms with van der Waals surface area (Å²) in [4.78, 5) is 43.4. The molecule has 0 fully saturated rings. The van der Waals surface area contributed by atoms with E-state index in [1.807, 2.05) is 6.07 Å². The highest BCUT2D eigenvalue weighted by molar-refractivity contribution is 5.91. The summed E-state index contributed by atoms with van der Waals surface area (Å²) in [7, 11) is 0. The molecule has 0 aliphatic carbocycles. The Bertz CT molecular complexity index is 1380. The van der Waals surface area contributed by atoms with Gasteiger partial charge in [0.2, 0.25) is 5.69 Å². The van der Waals surface area contributed by atoms with Crippen LogP contribution in [0.1, 0.15) is 34.6 Å². The Morgan fingerprint density at radius 2 is 1.76 bits per heavy atom. The van der Waals surface area contributed by atoms with Crippen LogP contribution in [-0.2, 0) is 6.54 Å². The van der Waals surface area contributed by atoms with Gasteiger partial charge < -0.3 is 5.32 Å². The number of nitrogens with zero attached hydrogens (tertiary/aromatic N) is 4. The van der Waals surface area contributed by atoms with E-state index in [0.29, 0.717) is 5.56 Å². The van der Waals surface area contributed by atoms with E-state index in [9.17, 15) is 18.8 Å². The van der Waals surface area contributed by atoms with Gasteiger partial charge in [0.15, 0.2) is 0 Å². The van der Waals surface area contributed by atoms with E-state index < -0.39 is 34.7 Å². The molecule has 4 aromatic rings. The normalized spacial score (nSPS) is 11.7. The number of benzene rings is 2. The number of halogens is 1. The largest absolute Gasteiger partial charge is 0.352 e. The first-order valence-corrected chi connectivity index (χ1v) is 10.2. The summed E-state index contributed by atoms with van der Waals surface area (Å²) >= 11 is 0. The van der Waals surface area contributed by atoms with E-state index in [1.54, 1.807) is 55.7 Å². The lowest BCUT2D eigenvalue weighted by Crippen LogP contribution is -2.47.